The van der Waals surface area contributed by atoms with Crippen molar-refractivity contribution < 1.29 is 27.1 Å². The van der Waals surface area contributed by atoms with E-state index in [9.17, 15) is 22.4 Å². The standard InChI is InChI=1S/C17H20F4N2O2/c18-13-6-10(5-12(7-13)17(19,20)21)8-23-15(24)16(11-1-2-11)4-3-14(22)9-25-16/h5-7,11,14H,1-4,8-9,22H2,(H,23,24)/t14?,16-/m0/s1. The zero-order valence-corrected chi connectivity index (χ0v) is 13.5. The fourth-order valence-electron chi connectivity index (χ4n) is 3.30. The number of hydrogen-bond donors (Lipinski definition) is 2. The molecule has 8 heteroatoms. The molecule has 1 amide bonds. The van der Waals surface area contributed by atoms with Crippen LogP contribution in [0, 0.1) is 11.7 Å². The average Bonchev–Trinajstić information content (AvgIpc) is 3.37. The number of nitrogens with one attached hydrogen (secondary N) is 1. The lowest BCUT2D eigenvalue weighted by atomic mass is 9.86. The predicted octanol–water partition coefficient (Wildman–Crippen LogP) is 2.75. The number of halogens is 4. The summed E-state index contributed by atoms with van der Waals surface area (Å²) in [5.74, 6) is -1.24. The molecule has 0 bridgehead atoms. The van der Waals surface area contributed by atoms with E-state index < -0.39 is 23.2 Å². The Morgan fingerprint density at radius 2 is 2.00 bits per heavy atom. The van der Waals surface area contributed by atoms with E-state index in [2.05, 4.69) is 5.32 Å². The van der Waals surface area contributed by atoms with Crippen molar-refractivity contribution in [2.75, 3.05) is 6.61 Å². The number of carbonyl (C=O) groups excluding carboxylic acids is 1. The predicted molar refractivity (Wildman–Crippen MR) is 81.9 cm³/mol. The highest BCUT2D eigenvalue weighted by atomic mass is 19.4. The van der Waals surface area contributed by atoms with Crippen molar-refractivity contribution in [3.8, 4) is 0 Å². The van der Waals surface area contributed by atoms with Gasteiger partial charge in [-0.05, 0) is 55.4 Å². The minimum absolute atomic E-state index is 0.0548. The third-order valence-electron chi connectivity index (χ3n) is 4.80. The molecule has 2 atom stereocenters. The summed E-state index contributed by atoms with van der Waals surface area (Å²) in [7, 11) is 0. The SMILES string of the molecule is NC1CC[C@@](C(=O)NCc2cc(F)cc(C(F)(F)F)c2)(C2CC2)OC1. The van der Waals surface area contributed by atoms with Crippen LogP contribution in [-0.2, 0) is 22.3 Å². The minimum atomic E-state index is -4.64. The smallest absolute Gasteiger partial charge is 0.363 e. The average molecular weight is 360 g/mol. The van der Waals surface area contributed by atoms with E-state index in [1.54, 1.807) is 0 Å². The number of ether oxygens (including phenoxy) is 1. The molecule has 1 heterocycles. The largest absolute Gasteiger partial charge is 0.416 e. The summed E-state index contributed by atoms with van der Waals surface area (Å²) in [5, 5.41) is 2.61. The highest BCUT2D eigenvalue weighted by molar-refractivity contribution is 5.86. The lowest BCUT2D eigenvalue weighted by molar-refractivity contribution is -0.159. The van der Waals surface area contributed by atoms with Crippen LogP contribution >= 0.6 is 0 Å². The van der Waals surface area contributed by atoms with Crippen molar-refractivity contribution in [3.63, 3.8) is 0 Å². The van der Waals surface area contributed by atoms with E-state index in [-0.39, 0.29) is 36.6 Å². The molecule has 0 aromatic heterocycles. The molecule has 2 fully saturated rings. The first kappa shape index (κ1) is 18.1. The van der Waals surface area contributed by atoms with Gasteiger partial charge in [0.1, 0.15) is 11.4 Å². The number of hydrogen-bond acceptors (Lipinski definition) is 3. The second kappa shape index (κ2) is 6.57. The number of alkyl halides is 3. The third-order valence-corrected chi connectivity index (χ3v) is 4.80. The summed E-state index contributed by atoms with van der Waals surface area (Å²) < 4.78 is 57.5. The number of amides is 1. The minimum Gasteiger partial charge on any atom is -0.363 e. The molecule has 1 aliphatic carbocycles. The summed E-state index contributed by atoms with van der Waals surface area (Å²) in [4.78, 5) is 12.7. The van der Waals surface area contributed by atoms with Crippen LogP contribution in [0.5, 0.6) is 0 Å². The zero-order chi connectivity index (χ0) is 18.2. The second-order valence-electron chi connectivity index (χ2n) is 6.80. The van der Waals surface area contributed by atoms with Gasteiger partial charge in [-0.1, -0.05) is 0 Å². The molecule has 1 unspecified atom stereocenters. The van der Waals surface area contributed by atoms with Crippen LogP contribution in [0.25, 0.3) is 0 Å². The Kier molecular flexibility index (Phi) is 4.76. The van der Waals surface area contributed by atoms with Crippen LogP contribution in [0.3, 0.4) is 0 Å². The quantitative estimate of drug-likeness (QED) is 0.812. The first-order valence-electron chi connectivity index (χ1n) is 8.25. The Labute approximate surface area is 142 Å². The van der Waals surface area contributed by atoms with E-state index in [0.717, 1.165) is 25.0 Å². The van der Waals surface area contributed by atoms with E-state index in [4.69, 9.17) is 10.5 Å². The van der Waals surface area contributed by atoms with Gasteiger partial charge in [0.25, 0.3) is 5.91 Å². The summed E-state index contributed by atoms with van der Waals surface area (Å²) in [5.41, 5.74) is 3.83. The van der Waals surface area contributed by atoms with Gasteiger partial charge in [0.05, 0.1) is 12.2 Å². The molecule has 1 aliphatic heterocycles. The van der Waals surface area contributed by atoms with Gasteiger partial charge in [0.15, 0.2) is 0 Å². The van der Waals surface area contributed by atoms with Crippen LogP contribution in [0.2, 0.25) is 0 Å². The van der Waals surface area contributed by atoms with Gasteiger partial charge >= 0.3 is 6.18 Å². The number of nitrogens with two attached hydrogens (primary N) is 1. The topological polar surface area (TPSA) is 64.4 Å². The lowest BCUT2D eigenvalue weighted by Gasteiger charge is -2.38. The van der Waals surface area contributed by atoms with E-state index in [1.807, 2.05) is 0 Å². The van der Waals surface area contributed by atoms with Crippen molar-refractivity contribution in [1.82, 2.24) is 5.32 Å². The van der Waals surface area contributed by atoms with Gasteiger partial charge in [0, 0.05) is 12.6 Å². The van der Waals surface area contributed by atoms with E-state index in [1.165, 1.54) is 0 Å². The molecule has 3 rings (SSSR count). The normalized spacial score (nSPS) is 27.2. The Morgan fingerprint density at radius 3 is 2.56 bits per heavy atom. The second-order valence-corrected chi connectivity index (χ2v) is 6.80. The molecule has 4 nitrogen and oxygen atoms in total. The van der Waals surface area contributed by atoms with Crippen molar-refractivity contribution in [2.24, 2.45) is 11.7 Å². The van der Waals surface area contributed by atoms with Crippen molar-refractivity contribution in [2.45, 2.75) is 50.0 Å². The Balaban J connectivity index is 1.70. The Bertz CT molecular complexity index is 651. The van der Waals surface area contributed by atoms with Gasteiger partial charge in [-0.2, -0.15) is 13.2 Å². The maximum absolute atomic E-state index is 13.4. The molecule has 1 aromatic carbocycles. The third kappa shape index (κ3) is 3.95. The number of rotatable bonds is 4. The maximum atomic E-state index is 13.4. The van der Waals surface area contributed by atoms with Crippen LogP contribution < -0.4 is 11.1 Å². The highest BCUT2D eigenvalue weighted by Crippen LogP contribution is 2.46. The molecule has 1 saturated heterocycles. The molecule has 25 heavy (non-hydrogen) atoms. The summed E-state index contributed by atoms with van der Waals surface area (Å²) >= 11 is 0. The fraction of sp³-hybridized carbons (Fsp3) is 0.588. The fourth-order valence-corrected chi connectivity index (χ4v) is 3.30. The Hall–Kier alpha value is -1.67. The Morgan fingerprint density at radius 1 is 1.28 bits per heavy atom. The molecule has 3 N–H and O–H groups in total. The maximum Gasteiger partial charge on any atom is 0.416 e. The summed E-state index contributed by atoms with van der Waals surface area (Å²) in [6, 6.07) is 2.14. The summed E-state index contributed by atoms with van der Waals surface area (Å²) in [6.07, 6.45) is -1.75. The first-order valence-corrected chi connectivity index (χ1v) is 8.25. The number of benzene rings is 1. The van der Waals surface area contributed by atoms with Crippen LogP contribution in [-0.4, -0.2) is 24.2 Å². The van der Waals surface area contributed by atoms with Gasteiger partial charge in [-0.3, -0.25) is 4.79 Å². The van der Waals surface area contributed by atoms with Crippen LogP contribution in [0.15, 0.2) is 18.2 Å². The van der Waals surface area contributed by atoms with E-state index in [0.29, 0.717) is 18.9 Å². The van der Waals surface area contributed by atoms with Crippen molar-refractivity contribution in [3.05, 3.63) is 35.1 Å². The summed E-state index contributed by atoms with van der Waals surface area (Å²) in [6.45, 7) is 0.0890. The molecule has 2 aliphatic rings. The van der Waals surface area contributed by atoms with E-state index >= 15 is 0 Å². The number of carbonyl (C=O) groups is 1. The molecular weight excluding hydrogens is 340 g/mol. The van der Waals surface area contributed by atoms with Gasteiger partial charge in [-0.15, -0.1) is 0 Å². The molecular formula is C17H20F4N2O2. The molecule has 138 valence electrons. The van der Waals surface area contributed by atoms with Gasteiger partial charge in [-0.25, -0.2) is 4.39 Å². The zero-order valence-electron chi connectivity index (χ0n) is 13.5. The van der Waals surface area contributed by atoms with Crippen LogP contribution in [0.1, 0.15) is 36.8 Å². The highest BCUT2D eigenvalue weighted by Gasteiger charge is 2.53. The molecule has 0 spiro atoms. The molecule has 1 aromatic rings. The first-order chi connectivity index (χ1) is 11.7. The van der Waals surface area contributed by atoms with Crippen LogP contribution in [0.4, 0.5) is 17.6 Å². The lowest BCUT2D eigenvalue weighted by Crippen LogP contribution is -2.55. The van der Waals surface area contributed by atoms with Crippen molar-refractivity contribution in [1.29, 1.82) is 0 Å². The van der Waals surface area contributed by atoms with Gasteiger partial charge in [0.2, 0.25) is 0 Å². The monoisotopic (exact) mass is 360 g/mol. The molecule has 1 saturated carbocycles. The van der Waals surface area contributed by atoms with Gasteiger partial charge < -0.3 is 15.8 Å². The van der Waals surface area contributed by atoms with Crippen molar-refractivity contribution >= 4 is 5.91 Å². The molecule has 0 radical (unpaired) electrons.